The van der Waals surface area contributed by atoms with E-state index in [-0.39, 0.29) is 8.03 Å². The Morgan fingerprint density at radius 1 is 2.00 bits per heavy atom. The minimum atomic E-state index is 0. The average Bonchev–Trinajstić information content (AvgIpc) is 1.61. The van der Waals surface area contributed by atoms with Crippen LogP contribution in [0.25, 0.3) is 0 Å². The van der Waals surface area contributed by atoms with Crippen molar-refractivity contribution in [3.05, 3.63) is 0 Å². The van der Waals surface area contributed by atoms with Gasteiger partial charge in [-0.3, -0.25) is 0 Å². The first-order valence-electron chi connectivity index (χ1n) is 1.93. The number of hydrogen-bond donors (Lipinski definition) is 0. The van der Waals surface area contributed by atoms with Crippen LogP contribution in [0.1, 0.15) is 8.35 Å². The topological polar surface area (TPSA) is 26.3 Å². The molecule has 0 aromatic rings. The van der Waals surface area contributed by atoms with Gasteiger partial charge >= 0.3 is 1.43 Å². The van der Waals surface area contributed by atoms with Gasteiger partial charge in [-0.1, -0.05) is 0 Å². The number of rotatable bonds is 3. The molecule has 0 aliphatic carbocycles. The van der Waals surface area contributed by atoms with E-state index in [1.165, 1.54) is 0 Å². The normalized spacial score (nSPS) is 8.17. The molecular weight excluding hydrogens is 80.0 g/mol. The molecule has 36 valence electrons. The van der Waals surface area contributed by atoms with Gasteiger partial charge in [0.15, 0.2) is 0 Å². The Labute approximate surface area is 38.6 Å². The standard InChI is InChI=1S/C4H8O2/c1-2-6-4-3-5/h3H,2,4H2,1H3/p+1. The van der Waals surface area contributed by atoms with Gasteiger partial charge in [-0.2, -0.15) is 0 Å². The predicted molar refractivity (Wildman–Crippen MR) is 23.7 cm³/mol. The van der Waals surface area contributed by atoms with Crippen LogP contribution in [0.15, 0.2) is 0 Å². The van der Waals surface area contributed by atoms with Gasteiger partial charge in [0.25, 0.3) is 0 Å². The highest BCUT2D eigenvalue weighted by molar-refractivity contribution is 5.50. The fraction of sp³-hybridized carbons (Fsp3) is 0.750. The highest BCUT2D eigenvalue weighted by Gasteiger charge is 1.71. The van der Waals surface area contributed by atoms with Gasteiger partial charge in [0.05, 0.1) is 0 Å². The van der Waals surface area contributed by atoms with Crippen molar-refractivity contribution in [3.63, 3.8) is 0 Å². The van der Waals surface area contributed by atoms with E-state index in [0.29, 0.717) is 6.61 Å². The van der Waals surface area contributed by atoms with Gasteiger partial charge in [0.1, 0.15) is 12.9 Å². The highest BCUT2D eigenvalue weighted by Crippen LogP contribution is 1.63. The summed E-state index contributed by atoms with van der Waals surface area (Å²) in [6.45, 7) is 2.71. The quantitative estimate of drug-likeness (QED) is 0.368. The molecule has 0 amide bonds. The molecule has 0 radical (unpaired) electrons. The SMILES string of the molecule is CCOCC=O.[H+]. The van der Waals surface area contributed by atoms with Crippen LogP contribution in [0, 0.1) is 0 Å². The molecule has 0 saturated carbocycles. The van der Waals surface area contributed by atoms with Crippen LogP contribution in [0.5, 0.6) is 0 Å². The van der Waals surface area contributed by atoms with E-state index in [0.717, 1.165) is 6.29 Å². The molecule has 0 aliphatic heterocycles. The largest absolute Gasteiger partial charge is 1.00 e. The molecule has 0 aromatic carbocycles. The summed E-state index contributed by atoms with van der Waals surface area (Å²) in [4.78, 5) is 9.44. The lowest BCUT2D eigenvalue weighted by atomic mass is 10.8. The summed E-state index contributed by atoms with van der Waals surface area (Å²) in [5.41, 5.74) is 0. The zero-order valence-corrected chi connectivity index (χ0v) is 3.81. The molecule has 0 fully saturated rings. The van der Waals surface area contributed by atoms with Gasteiger partial charge in [0, 0.05) is 6.61 Å². The molecule has 0 heterocycles. The maximum atomic E-state index is 9.44. The smallest absolute Gasteiger partial charge is 0.374 e. The molecule has 0 rings (SSSR count). The Kier molecular flexibility index (Phi) is 4.34. The van der Waals surface area contributed by atoms with Crippen LogP contribution in [0.4, 0.5) is 0 Å². The number of hydrogen-bond acceptors (Lipinski definition) is 2. The zero-order valence-electron chi connectivity index (χ0n) is 4.81. The Balaban J connectivity index is 0. The van der Waals surface area contributed by atoms with Crippen LogP contribution in [0.2, 0.25) is 0 Å². The van der Waals surface area contributed by atoms with Crippen molar-refractivity contribution < 1.29 is 11.0 Å². The Morgan fingerprint density at radius 3 is 2.83 bits per heavy atom. The maximum Gasteiger partial charge on any atom is 1.00 e. The fourth-order valence-corrected chi connectivity index (χ4v) is 0.166. The maximum absolute atomic E-state index is 9.44. The van der Waals surface area contributed by atoms with E-state index in [2.05, 4.69) is 4.74 Å². The van der Waals surface area contributed by atoms with Crippen molar-refractivity contribution in [2.75, 3.05) is 13.2 Å². The van der Waals surface area contributed by atoms with Gasteiger partial charge in [-0.25, -0.2) is 0 Å². The first-order chi connectivity index (χ1) is 2.91. The average molecular weight is 89.1 g/mol. The molecule has 0 atom stereocenters. The first-order valence-corrected chi connectivity index (χ1v) is 1.93. The highest BCUT2D eigenvalue weighted by atomic mass is 16.5. The van der Waals surface area contributed by atoms with Gasteiger partial charge in [-0.15, -0.1) is 0 Å². The van der Waals surface area contributed by atoms with Crippen molar-refractivity contribution in [2.45, 2.75) is 6.92 Å². The lowest BCUT2D eigenvalue weighted by Gasteiger charge is -1.85. The zero-order chi connectivity index (χ0) is 4.83. The molecule has 2 heteroatoms. The first kappa shape index (κ1) is 5.63. The molecule has 0 saturated heterocycles. The number of ether oxygens (including phenoxy) is 1. The molecular formula is C4H9O2+. The summed E-state index contributed by atoms with van der Waals surface area (Å²) in [5.74, 6) is 0. The molecule has 2 nitrogen and oxygen atoms in total. The summed E-state index contributed by atoms with van der Waals surface area (Å²) in [6.07, 6.45) is 0.740. The van der Waals surface area contributed by atoms with Crippen molar-refractivity contribution in [1.29, 1.82) is 0 Å². The summed E-state index contributed by atoms with van der Waals surface area (Å²) in [7, 11) is 0. The van der Waals surface area contributed by atoms with Crippen molar-refractivity contribution in [3.8, 4) is 0 Å². The molecule has 0 unspecified atom stereocenters. The third kappa shape index (κ3) is 3.63. The summed E-state index contributed by atoms with van der Waals surface area (Å²) in [5, 5.41) is 0. The Hall–Kier alpha value is -0.370. The summed E-state index contributed by atoms with van der Waals surface area (Å²) < 4.78 is 4.61. The second-order valence-electron chi connectivity index (χ2n) is 0.826. The van der Waals surface area contributed by atoms with Crippen LogP contribution in [-0.4, -0.2) is 19.5 Å². The van der Waals surface area contributed by atoms with Crippen LogP contribution >= 0.6 is 0 Å². The minimum Gasteiger partial charge on any atom is -0.374 e. The van der Waals surface area contributed by atoms with Crippen molar-refractivity contribution in [1.82, 2.24) is 0 Å². The number of carbonyl (C=O) groups is 1. The second-order valence-corrected chi connectivity index (χ2v) is 0.826. The van der Waals surface area contributed by atoms with Crippen LogP contribution in [0.3, 0.4) is 0 Å². The molecule has 0 bridgehead atoms. The Bertz CT molecular complexity index is 38.7. The van der Waals surface area contributed by atoms with E-state index >= 15 is 0 Å². The van der Waals surface area contributed by atoms with Gasteiger partial charge < -0.3 is 9.53 Å². The van der Waals surface area contributed by atoms with E-state index in [4.69, 9.17) is 0 Å². The lowest BCUT2D eigenvalue weighted by molar-refractivity contribution is -0.111. The molecule has 0 spiro atoms. The molecule has 0 N–H and O–H groups in total. The number of aldehydes is 1. The number of carbonyl (C=O) groups excluding carboxylic acids is 1. The Morgan fingerprint density at radius 2 is 2.67 bits per heavy atom. The van der Waals surface area contributed by atoms with Crippen LogP contribution in [-0.2, 0) is 9.53 Å². The molecule has 0 aromatic heterocycles. The second kappa shape index (κ2) is 4.63. The van der Waals surface area contributed by atoms with E-state index in [1.807, 2.05) is 6.92 Å². The third-order valence-corrected chi connectivity index (χ3v) is 0.390. The van der Waals surface area contributed by atoms with E-state index in [1.54, 1.807) is 0 Å². The molecule has 6 heavy (non-hydrogen) atoms. The van der Waals surface area contributed by atoms with Crippen molar-refractivity contribution in [2.24, 2.45) is 0 Å². The third-order valence-electron chi connectivity index (χ3n) is 0.390. The fourth-order valence-electron chi connectivity index (χ4n) is 0.166. The summed E-state index contributed by atoms with van der Waals surface area (Å²) in [6, 6.07) is 0. The summed E-state index contributed by atoms with van der Waals surface area (Å²) >= 11 is 0. The predicted octanol–water partition coefficient (Wildman–Crippen LogP) is 0.334. The van der Waals surface area contributed by atoms with E-state index in [9.17, 15) is 4.79 Å². The van der Waals surface area contributed by atoms with E-state index < -0.39 is 0 Å². The monoisotopic (exact) mass is 89.1 g/mol. The lowest BCUT2D eigenvalue weighted by Crippen LogP contribution is -1.91. The molecule has 0 aliphatic rings. The van der Waals surface area contributed by atoms with Gasteiger partial charge in [0.2, 0.25) is 0 Å². The van der Waals surface area contributed by atoms with Crippen LogP contribution < -0.4 is 0 Å². The minimum absolute atomic E-state index is 0. The van der Waals surface area contributed by atoms with Gasteiger partial charge in [-0.05, 0) is 6.92 Å². The van der Waals surface area contributed by atoms with Crippen molar-refractivity contribution >= 4 is 6.29 Å².